The predicted octanol–water partition coefficient (Wildman–Crippen LogP) is 1.23. The summed E-state index contributed by atoms with van der Waals surface area (Å²) in [6.45, 7) is 1.84. The van der Waals surface area contributed by atoms with Crippen molar-refractivity contribution in [3.8, 4) is 0 Å². The Balaban J connectivity index is 1.97. The smallest absolute Gasteiger partial charge is 0.328 e. The minimum absolute atomic E-state index is 0.219. The van der Waals surface area contributed by atoms with Gasteiger partial charge in [0.1, 0.15) is 17.1 Å². The van der Waals surface area contributed by atoms with Crippen LogP contribution in [0.3, 0.4) is 0 Å². The van der Waals surface area contributed by atoms with Crippen LogP contribution in [0.1, 0.15) is 5.56 Å². The summed E-state index contributed by atoms with van der Waals surface area (Å²) >= 11 is 0. The van der Waals surface area contributed by atoms with Crippen molar-refractivity contribution in [2.75, 3.05) is 16.0 Å². The lowest BCUT2D eigenvalue weighted by Gasteiger charge is -2.25. The third-order valence-electron chi connectivity index (χ3n) is 4.60. The Hall–Kier alpha value is -4.89. The van der Waals surface area contributed by atoms with Gasteiger partial charge in [-0.1, -0.05) is 17.7 Å². The summed E-state index contributed by atoms with van der Waals surface area (Å²) in [6, 6.07) is 8.69. The van der Waals surface area contributed by atoms with E-state index in [1.54, 1.807) is 24.3 Å². The molecule has 1 fully saturated rings. The molecule has 0 unspecified atom stereocenters. The molecule has 15 nitrogen and oxygen atoms in total. The number of hydrogen-bond donors (Lipinski definition) is 8. The molecule has 2 aromatic carbocycles. The summed E-state index contributed by atoms with van der Waals surface area (Å²) in [5, 5.41) is 46.3. The van der Waals surface area contributed by atoms with E-state index in [1.807, 2.05) is 17.6 Å². The van der Waals surface area contributed by atoms with Crippen LogP contribution in [0.5, 0.6) is 0 Å². The fraction of sp³-hybridized carbons (Fsp3) is 0.105. The molecule has 2 aromatic rings. The highest BCUT2D eigenvalue weighted by molar-refractivity contribution is 6.17. The van der Waals surface area contributed by atoms with Gasteiger partial charge >= 0.3 is 6.03 Å². The Labute approximate surface area is 190 Å². The molecule has 0 atom stereocenters. The summed E-state index contributed by atoms with van der Waals surface area (Å²) in [6.07, 6.45) is 0. The maximum atomic E-state index is 12.4. The van der Waals surface area contributed by atoms with Crippen LogP contribution in [-0.2, 0) is 9.59 Å². The largest absolute Gasteiger partial charge is 0.493 e. The number of carbonyl (C=O) groups is 3. The predicted molar refractivity (Wildman–Crippen MR) is 116 cm³/mol. The molecule has 1 saturated heterocycles. The van der Waals surface area contributed by atoms with Gasteiger partial charge in [0.05, 0.1) is 4.92 Å². The van der Waals surface area contributed by atoms with E-state index >= 15 is 0 Å². The van der Waals surface area contributed by atoms with Gasteiger partial charge in [-0.15, -0.1) is 5.23 Å². The number of carbonyl (C=O) groups excluding carboxylic acids is 3. The molecule has 1 aliphatic rings. The van der Waals surface area contributed by atoms with E-state index in [9.17, 15) is 29.6 Å². The minimum atomic E-state index is -1.74. The summed E-state index contributed by atoms with van der Waals surface area (Å²) in [5.41, 5.74) is 4.51. The molecule has 1 aliphatic heterocycles. The fourth-order valence-corrected chi connectivity index (χ4v) is 2.93. The van der Waals surface area contributed by atoms with E-state index < -0.39 is 46.0 Å². The molecule has 8 N–H and O–H groups in total. The van der Waals surface area contributed by atoms with E-state index in [1.165, 1.54) is 0 Å². The first-order valence-corrected chi connectivity index (χ1v) is 9.47. The van der Waals surface area contributed by atoms with E-state index in [4.69, 9.17) is 10.4 Å². The second-order valence-electron chi connectivity index (χ2n) is 6.99. The maximum absolute atomic E-state index is 12.4. The number of barbiturate groups is 1. The van der Waals surface area contributed by atoms with E-state index in [-0.39, 0.29) is 16.6 Å². The Morgan fingerprint density at radius 2 is 1.68 bits per heavy atom. The van der Waals surface area contributed by atoms with Crippen LogP contribution in [0.15, 0.2) is 54.0 Å². The number of nitro benzene ring substituents is 1. The van der Waals surface area contributed by atoms with Gasteiger partial charge in [0.15, 0.2) is 5.92 Å². The van der Waals surface area contributed by atoms with Crippen LogP contribution in [0.25, 0.3) is 0 Å². The summed E-state index contributed by atoms with van der Waals surface area (Å²) < 4.78 is 0. The molecule has 0 saturated carbocycles. The number of imide groups is 2. The van der Waals surface area contributed by atoms with Gasteiger partial charge in [0.2, 0.25) is 17.7 Å². The van der Waals surface area contributed by atoms with Crippen LogP contribution < -0.4 is 32.0 Å². The number of benzene rings is 2. The van der Waals surface area contributed by atoms with Crippen molar-refractivity contribution in [1.82, 2.24) is 16.1 Å². The van der Waals surface area contributed by atoms with Gasteiger partial charge in [-0.3, -0.25) is 51.6 Å². The molecule has 34 heavy (non-hydrogen) atoms. The highest BCUT2D eigenvalue weighted by atomic mass is 16.8. The number of urea groups is 1. The molecule has 0 aromatic heterocycles. The minimum Gasteiger partial charge on any atom is -0.493 e. The molecule has 0 radical (unpaired) electrons. The summed E-state index contributed by atoms with van der Waals surface area (Å²) in [7, 11) is 0. The quantitative estimate of drug-likeness (QED) is 0.117. The van der Waals surface area contributed by atoms with Gasteiger partial charge in [-0.05, 0) is 31.2 Å². The van der Waals surface area contributed by atoms with Crippen molar-refractivity contribution in [3.63, 3.8) is 0 Å². The van der Waals surface area contributed by atoms with Crippen molar-refractivity contribution >= 4 is 40.6 Å². The SMILES string of the molecule is Cc1ccc(N/C(O)=C(\NNc2ccc(N(O)O)cc2[N+](=O)[O-])C2C(=O)NC(=O)NC2=O)cc1. The molecule has 3 rings (SSSR count). The molecule has 0 bridgehead atoms. The van der Waals surface area contributed by atoms with Gasteiger partial charge in [0.25, 0.3) is 5.69 Å². The summed E-state index contributed by atoms with van der Waals surface area (Å²) in [4.78, 5) is 46.7. The average Bonchev–Trinajstić information content (AvgIpc) is 2.76. The molecule has 15 heteroatoms. The number of nitrogens with zero attached hydrogens (tertiary/aromatic N) is 2. The Kier molecular flexibility index (Phi) is 6.79. The van der Waals surface area contributed by atoms with Crippen LogP contribution >= 0.6 is 0 Å². The van der Waals surface area contributed by atoms with Crippen molar-refractivity contribution in [2.45, 2.75) is 6.92 Å². The molecule has 4 amide bonds. The van der Waals surface area contributed by atoms with Crippen LogP contribution in [-0.4, -0.2) is 38.3 Å². The number of aliphatic hydroxyl groups is 1. The molecule has 1 heterocycles. The van der Waals surface area contributed by atoms with E-state index in [2.05, 4.69) is 16.2 Å². The molecular weight excluding hydrogens is 454 g/mol. The highest BCUT2D eigenvalue weighted by Gasteiger charge is 2.39. The Morgan fingerprint density at radius 3 is 2.24 bits per heavy atom. The lowest BCUT2D eigenvalue weighted by molar-refractivity contribution is -0.384. The van der Waals surface area contributed by atoms with Crippen molar-refractivity contribution < 1.29 is 34.8 Å². The number of nitrogens with one attached hydrogen (secondary N) is 5. The zero-order chi connectivity index (χ0) is 25.0. The van der Waals surface area contributed by atoms with Crippen molar-refractivity contribution in [2.24, 2.45) is 5.92 Å². The van der Waals surface area contributed by atoms with Crippen LogP contribution in [0.2, 0.25) is 0 Å². The topological polar surface area (TPSA) is 218 Å². The molecule has 0 spiro atoms. The normalized spacial score (nSPS) is 14.5. The Morgan fingerprint density at radius 1 is 1.06 bits per heavy atom. The highest BCUT2D eigenvalue weighted by Crippen LogP contribution is 2.29. The fourth-order valence-electron chi connectivity index (χ4n) is 2.93. The number of hydrazine groups is 1. The number of rotatable bonds is 8. The van der Waals surface area contributed by atoms with Crippen LogP contribution in [0.4, 0.5) is 27.5 Å². The van der Waals surface area contributed by atoms with E-state index in [0.717, 1.165) is 23.8 Å². The van der Waals surface area contributed by atoms with Crippen molar-refractivity contribution in [3.05, 3.63) is 69.7 Å². The lowest BCUT2D eigenvalue weighted by Crippen LogP contribution is -2.58. The first kappa shape index (κ1) is 23.8. The molecular formula is C19H19N7O8. The first-order chi connectivity index (χ1) is 16.1. The second-order valence-corrected chi connectivity index (χ2v) is 6.99. The van der Waals surface area contributed by atoms with E-state index in [0.29, 0.717) is 5.69 Å². The van der Waals surface area contributed by atoms with Gasteiger partial charge in [0, 0.05) is 11.8 Å². The zero-order valence-electron chi connectivity index (χ0n) is 17.4. The molecule has 178 valence electrons. The van der Waals surface area contributed by atoms with Crippen LogP contribution in [0, 0.1) is 23.0 Å². The first-order valence-electron chi connectivity index (χ1n) is 9.47. The average molecular weight is 473 g/mol. The lowest BCUT2D eigenvalue weighted by atomic mass is 10.0. The number of aliphatic hydroxyl groups excluding tert-OH is 1. The second kappa shape index (κ2) is 9.72. The summed E-state index contributed by atoms with van der Waals surface area (Å²) in [5.74, 6) is -4.56. The maximum Gasteiger partial charge on any atom is 0.328 e. The number of anilines is 3. The zero-order valence-corrected chi connectivity index (χ0v) is 17.4. The number of amides is 4. The van der Waals surface area contributed by atoms with Gasteiger partial charge in [-0.2, -0.15) is 0 Å². The standard InChI is InChI=1S/C19H19N7O8/c1-9-2-4-10(5-3-9)20-18(29)15(14-16(27)21-19(30)22-17(14)28)24-23-12-7-6-11(25(31)32)8-13(12)26(33)34/h2-8,14,20,23-24,29,31-32H,1H3,(H2,21,22,27,28,30)/b18-15+. The third kappa shape index (κ3) is 5.29. The number of aryl methyl sites for hydroxylation is 1. The monoisotopic (exact) mass is 473 g/mol. The van der Waals surface area contributed by atoms with Gasteiger partial charge in [-0.25, -0.2) is 4.79 Å². The Bertz CT molecular complexity index is 1160. The number of hydrogen-bond acceptors (Lipinski definition) is 12. The van der Waals surface area contributed by atoms with Crippen molar-refractivity contribution in [1.29, 1.82) is 0 Å². The van der Waals surface area contributed by atoms with Gasteiger partial charge < -0.3 is 10.4 Å². The number of nitro groups is 1. The third-order valence-corrected chi connectivity index (χ3v) is 4.60. The molecule has 0 aliphatic carbocycles.